The van der Waals surface area contributed by atoms with Crippen molar-refractivity contribution in [3.63, 3.8) is 0 Å². The van der Waals surface area contributed by atoms with Gasteiger partial charge in [0.2, 0.25) is 0 Å². The van der Waals surface area contributed by atoms with E-state index in [-0.39, 0.29) is 4.75 Å². The van der Waals surface area contributed by atoms with E-state index >= 15 is 0 Å². The predicted octanol–water partition coefficient (Wildman–Crippen LogP) is 2.32. The van der Waals surface area contributed by atoms with Crippen LogP contribution in [0.4, 0.5) is 0 Å². The van der Waals surface area contributed by atoms with Crippen LogP contribution in [0.3, 0.4) is 0 Å². The number of nitrogens with one attached hydrogen (secondary N) is 1. The second-order valence-electron chi connectivity index (χ2n) is 4.81. The SMILES string of the molecule is CC.CC(C)(C)S(=O)NC1CCN(P)CC1. The lowest BCUT2D eigenvalue weighted by molar-refractivity contribution is 0.332. The van der Waals surface area contributed by atoms with Gasteiger partial charge in [-0.15, -0.1) is 0 Å². The highest BCUT2D eigenvalue weighted by Crippen LogP contribution is 2.16. The Balaban J connectivity index is 0.00000106. The molecule has 1 rings (SSSR count). The smallest absolute Gasteiger partial charge is 0.0972 e. The van der Waals surface area contributed by atoms with Gasteiger partial charge in [0.1, 0.15) is 0 Å². The molecule has 3 nitrogen and oxygen atoms in total. The molecule has 1 fully saturated rings. The van der Waals surface area contributed by atoms with Crippen molar-refractivity contribution >= 4 is 20.4 Å². The van der Waals surface area contributed by atoms with Gasteiger partial charge in [0.05, 0.1) is 15.7 Å². The summed E-state index contributed by atoms with van der Waals surface area (Å²) < 4.78 is 17.1. The highest BCUT2D eigenvalue weighted by Gasteiger charge is 2.24. The van der Waals surface area contributed by atoms with Crippen LogP contribution >= 0.6 is 9.39 Å². The number of hydrogen-bond donors (Lipinski definition) is 1. The van der Waals surface area contributed by atoms with Crippen LogP contribution in [0.25, 0.3) is 0 Å². The number of piperidine rings is 1. The molecular formula is C11H27N2OPS. The van der Waals surface area contributed by atoms with E-state index in [4.69, 9.17) is 0 Å². The molecule has 5 heteroatoms. The van der Waals surface area contributed by atoms with Crippen LogP contribution in [0.15, 0.2) is 0 Å². The molecule has 1 N–H and O–H groups in total. The number of rotatable bonds is 2. The van der Waals surface area contributed by atoms with Gasteiger partial charge in [-0.2, -0.15) is 0 Å². The van der Waals surface area contributed by atoms with Gasteiger partial charge in [0.15, 0.2) is 0 Å². The standard InChI is InChI=1S/C9H21N2OPS.C2H6/c1-9(2,3)14(12)10-8-4-6-11(13)7-5-8;1-2/h8,10H,4-7,13H2,1-3H3;1-2H3. The Morgan fingerprint density at radius 1 is 1.25 bits per heavy atom. The second-order valence-corrected chi connectivity index (χ2v) is 7.54. The molecule has 0 aliphatic carbocycles. The van der Waals surface area contributed by atoms with E-state index in [0.29, 0.717) is 6.04 Å². The monoisotopic (exact) mass is 266 g/mol. The molecule has 1 aliphatic heterocycles. The largest absolute Gasteiger partial charge is 0.287 e. The molecular weight excluding hydrogens is 239 g/mol. The summed E-state index contributed by atoms with van der Waals surface area (Å²) in [4.78, 5) is 0. The zero-order chi connectivity index (χ0) is 12.8. The molecule has 16 heavy (non-hydrogen) atoms. The fourth-order valence-corrected chi connectivity index (χ4v) is 2.54. The number of nitrogens with zero attached hydrogens (tertiary/aromatic N) is 1. The lowest BCUT2D eigenvalue weighted by atomic mass is 10.1. The second kappa shape index (κ2) is 7.75. The third kappa shape index (κ3) is 6.29. The van der Waals surface area contributed by atoms with Crippen molar-refractivity contribution in [3.8, 4) is 0 Å². The molecule has 2 atom stereocenters. The Hall–Kier alpha value is 0.500. The van der Waals surface area contributed by atoms with Crippen molar-refractivity contribution < 1.29 is 4.21 Å². The summed E-state index contributed by atoms with van der Waals surface area (Å²) in [5.41, 5.74) is 0. The fourth-order valence-electron chi connectivity index (χ4n) is 1.35. The Bertz CT molecular complexity index is 211. The average Bonchev–Trinajstić information content (AvgIpc) is 2.23. The van der Waals surface area contributed by atoms with Gasteiger partial charge in [0, 0.05) is 19.1 Å². The van der Waals surface area contributed by atoms with Crippen molar-refractivity contribution in [2.45, 2.75) is 58.2 Å². The van der Waals surface area contributed by atoms with E-state index < -0.39 is 11.0 Å². The lowest BCUT2D eigenvalue weighted by Gasteiger charge is -2.31. The Labute approximate surface area is 106 Å². The first-order valence-corrected chi connectivity index (χ1v) is 7.74. The van der Waals surface area contributed by atoms with E-state index in [1.807, 2.05) is 34.6 Å². The summed E-state index contributed by atoms with van der Waals surface area (Å²) in [7, 11) is 1.80. The first-order chi connectivity index (χ1) is 7.39. The van der Waals surface area contributed by atoms with Gasteiger partial charge in [-0.25, -0.2) is 8.93 Å². The Kier molecular flexibility index (Phi) is 8.00. The summed E-state index contributed by atoms with van der Waals surface area (Å²) in [5, 5.41) is 0. The van der Waals surface area contributed by atoms with Crippen LogP contribution < -0.4 is 4.72 Å². The molecule has 1 saturated heterocycles. The predicted molar refractivity (Wildman–Crippen MR) is 76.7 cm³/mol. The van der Waals surface area contributed by atoms with Crippen LogP contribution in [-0.2, 0) is 11.0 Å². The highest BCUT2D eigenvalue weighted by molar-refractivity contribution is 7.84. The van der Waals surface area contributed by atoms with Crippen molar-refractivity contribution in [2.24, 2.45) is 0 Å². The zero-order valence-corrected chi connectivity index (χ0v) is 13.2. The van der Waals surface area contributed by atoms with E-state index in [0.717, 1.165) is 25.9 Å². The minimum absolute atomic E-state index is 0.155. The summed E-state index contributed by atoms with van der Waals surface area (Å²) in [6.45, 7) is 12.1. The first-order valence-electron chi connectivity index (χ1n) is 6.07. The van der Waals surface area contributed by atoms with Gasteiger partial charge in [-0.3, -0.25) is 4.67 Å². The van der Waals surface area contributed by atoms with Gasteiger partial charge < -0.3 is 0 Å². The maximum Gasteiger partial charge on any atom is 0.0972 e. The molecule has 0 spiro atoms. The van der Waals surface area contributed by atoms with E-state index in [9.17, 15) is 4.21 Å². The van der Waals surface area contributed by atoms with Gasteiger partial charge in [-0.1, -0.05) is 23.2 Å². The summed E-state index contributed by atoms with van der Waals surface area (Å²) in [6, 6.07) is 0.423. The van der Waals surface area contributed by atoms with Gasteiger partial charge in [-0.05, 0) is 33.6 Å². The average molecular weight is 266 g/mol. The molecule has 0 aromatic rings. The number of hydrogen-bond acceptors (Lipinski definition) is 2. The summed E-state index contributed by atoms with van der Waals surface area (Å²) in [6.07, 6.45) is 2.18. The molecule has 0 saturated carbocycles. The first kappa shape index (κ1) is 16.5. The van der Waals surface area contributed by atoms with E-state index in [1.54, 1.807) is 0 Å². The molecule has 1 aliphatic rings. The molecule has 0 aromatic carbocycles. The lowest BCUT2D eigenvalue weighted by Crippen LogP contribution is -2.44. The molecule has 0 radical (unpaired) electrons. The van der Waals surface area contributed by atoms with Crippen LogP contribution in [0, 0.1) is 0 Å². The van der Waals surface area contributed by atoms with Gasteiger partial charge >= 0.3 is 0 Å². The fraction of sp³-hybridized carbons (Fsp3) is 1.00. The summed E-state index contributed by atoms with van der Waals surface area (Å²) in [5.74, 6) is 0. The maximum atomic E-state index is 11.8. The zero-order valence-electron chi connectivity index (χ0n) is 11.2. The van der Waals surface area contributed by atoms with Crippen molar-refractivity contribution in [1.29, 1.82) is 0 Å². The van der Waals surface area contributed by atoms with Crippen LogP contribution in [0.5, 0.6) is 0 Å². The molecule has 0 amide bonds. The molecule has 1 heterocycles. The van der Waals surface area contributed by atoms with Crippen LogP contribution in [-0.4, -0.2) is 32.8 Å². The third-order valence-electron chi connectivity index (χ3n) is 2.36. The normalized spacial score (nSPS) is 21.1. The Morgan fingerprint density at radius 2 is 1.69 bits per heavy atom. The molecule has 0 bridgehead atoms. The summed E-state index contributed by atoms with van der Waals surface area (Å²) >= 11 is 0. The Morgan fingerprint density at radius 3 is 2.06 bits per heavy atom. The van der Waals surface area contributed by atoms with Crippen LogP contribution in [0.2, 0.25) is 0 Å². The van der Waals surface area contributed by atoms with Crippen molar-refractivity contribution in [1.82, 2.24) is 9.39 Å². The minimum Gasteiger partial charge on any atom is -0.287 e. The molecule has 2 unspecified atom stereocenters. The highest BCUT2D eigenvalue weighted by atomic mass is 32.2. The topological polar surface area (TPSA) is 32.3 Å². The van der Waals surface area contributed by atoms with Crippen molar-refractivity contribution in [3.05, 3.63) is 0 Å². The molecule has 98 valence electrons. The minimum atomic E-state index is -0.921. The van der Waals surface area contributed by atoms with Gasteiger partial charge in [0.25, 0.3) is 0 Å². The van der Waals surface area contributed by atoms with Crippen molar-refractivity contribution in [2.75, 3.05) is 13.1 Å². The van der Waals surface area contributed by atoms with E-state index in [2.05, 4.69) is 18.8 Å². The quantitative estimate of drug-likeness (QED) is 0.778. The third-order valence-corrected chi connectivity index (χ3v) is 4.54. The maximum absolute atomic E-state index is 11.8. The van der Waals surface area contributed by atoms with E-state index in [1.165, 1.54) is 0 Å². The molecule has 0 aromatic heterocycles. The van der Waals surface area contributed by atoms with Crippen LogP contribution in [0.1, 0.15) is 47.5 Å².